The van der Waals surface area contributed by atoms with Gasteiger partial charge < -0.3 is 14.4 Å². The summed E-state index contributed by atoms with van der Waals surface area (Å²) < 4.78 is 10.8. The highest BCUT2D eigenvalue weighted by Crippen LogP contribution is 2.11. The molecule has 0 spiro atoms. The molecule has 1 fully saturated rings. The monoisotopic (exact) mass is 287 g/mol. The van der Waals surface area contributed by atoms with Gasteiger partial charge in [0.2, 0.25) is 11.7 Å². The first kappa shape index (κ1) is 13.6. The molecule has 1 aromatic carbocycles. The Morgan fingerprint density at radius 2 is 2.00 bits per heavy atom. The molecular weight excluding hydrogens is 270 g/mol. The predicted molar refractivity (Wildman–Crippen MR) is 78.7 cm³/mol. The SMILES string of the molecule is O=c1[nH]c(N2CCOCC2)ncc1OCc1ccccc1. The second-order valence-corrected chi connectivity index (χ2v) is 4.77. The zero-order valence-corrected chi connectivity index (χ0v) is 11.6. The van der Waals surface area contributed by atoms with Crippen LogP contribution in [0.25, 0.3) is 0 Å². The summed E-state index contributed by atoms with van der Waals surface area (Å²) in [6, 6.07) is 9.70. The molecule has 0 amide bonds. The standard InChI is InChI=1S/C15H17N3O3/c19-14-13(21-11-12-4-2-1-3-5-12)10-16-15(17-14)18-6-8-20-9-7-18/h1-5,10H,6-9,11H2,(H,16,17,19). The van der Waals surface area contributed by atoms with Crippen LogP contribution in [0.5, 0.6) is 5.75 Å². The fourth-order valence-electron chi connectivity index (χ4n) is 2.15. The minimum Gasteiger partial charge on any atom is -0.482 e. The van der Waals surface area contributed by atoms with Crippen molar-refractivity contribution in [2.75, 3.05) is 31.2 Å². The molecule has 6 heteroatoms. The van der Waals surface area contributed by atoms with Gasteiger partial charge in [0, 0.05) is 13.1 Å². The summed E-state index contributed by atoms with van der Waals surface area (Å²) >= 11 is 0. The third-order valence-corrected chi connectivity index (χ3v) is 3.30. The molecule has 110 valence electrons. The molecule has 1 aliphatic rings. The second kappa shape index (κ2) is 6.41. The Balaban J connectivity index is 1.68. The van der Waals surface area contributed by atoms with Crippen molar-refractivity contribution < 1.29 is 9.47 Å². The molecule has 0 saturated carbocycles. The number of hydrogen-bond donors (Lipinski definition) is 1. The third-order valence-electron chi connectivity index (χ3n) is 3.30. The third kappa shape index (κ3) is 3.41. The number of rotatable bonds is 4. The largest absolute Gasteiger partial charge is 0.482 e. The Morgan fingerprint density at radius 1 is 1.24 bits per heavy atom. The van der Waals surface area contributed by atoms with E-state index in [-0.39, 0.29) is 11.3 Å². The molecule has 0 unspecified atom stereocenters. The highest BCUT2D eigenvalue weighted by Gasteiger charge is 2.14. The Bertz CT molecular complexity index is 636. The van der Waals surface area contributed by atoms with Crippen molar-refractivity contribution in [1.82, 2.24) is 9.97 Å². The number of nitrogens with zero attached hydrogens (tertiary/aromatic N) is 2. The lowest BCUT2D eigenvalue weighted by molar-refractivity contribution is 0.122. The molecule has 1 saturated heterocycles. The average molecular weight is 287 g/mol. The molecule has 21 heavy (non-hydrogen) atoms. The molecular formula is C15H17N3O3. The minimum atomic E-state index is -0.262. The number of anilines is 1. The van der Waals surface area contributed by atoms with Crippen LogP contribution in [-0.4, -0.2) is 36.3 Å². The summed E-state index contributed by atoms with van der Waals surface area (Å²) in [6.45, 7) is 3.11. The van der Waals surface area contributed by atoms with E-state index >= 15 is 0 Å². The Labute approximate surface area is 122 Å². The molecule has 3 rings (SSSR count). The minimum absolute atomic E-state index is 0.232. The van der Waals surface area contributed by atoms with E-state index in [1.165, 1.54) is 6.20 Å². The van der Waals surface area contributed by atoms with Crippen molar-refractivity contribution >= 4 is 5.95 Å². The Hall–Kier alpha value is -2.34. The van der Waals surface area contributed by atoms with Gasteiger partial charge in [0.25, 0.3) is 5.56 Å². The maximum Gasteiger partial charge on any atom is 0.294 e. The quantitative estimate of drug-likeness (QED) is 0.914. The number of hydrogen-bond acceptors (Lipinski definition) is 5. The van der Waals surface area contributed by atoms with Crippen LogP contribution in [0.4, 0.5) is 5.95 Å². The molecule has 0 radical (unpaired) electrons. The number of H-pyrrole nitrogens is 1. The maximum absolute atomic E-state index is 12.0. The highest BCUT2D eigenvalue weighted by atomic mass is 16.5. The van der Waals surface area contributed by atoms with Crippen LogP contribution in [-0.2, 0) is 11.3 Å². The number of aromatic amines is 1. The van der Waals surface area contributed by atoms with Gasteiger partial charge in [0.05, 0.1) is 19.4 Å². The fourth-order valence-corrected chi connectivity index (χ4v) is 2.15. The summed E-state index contributed by atoms with van der Waals surface area (Å²) in [4.78, 5) is 21.0. The normalized spacial score (nSPS) is 15.0. The van der Waals surface area contributed by atoms with Crippen LogP contribution < -0.4 is 15.2 Å². The van der Waals surface area contributed by atoms with E-state index < -0.39 is 0 Å². The van der Waals surface area contributed by atoms with Crippen LogP contribution in [0.2, 0.25) is 0 Å². The van der Waals surface area contributed by atoms with Gasteiger partial charge in [-0.25, -0.2) is 4.98 Å². The van der Waals surface area contributed by atoms with Gasteiger partial charge in [-0.05, 0) is 5.56 Å². The molecule has 1 aliphatic heterocycles. The predicted octanol–water partition coefficient (Wildman–Crippen LogP) is 1.19. The number of nitrogens with one attached hydrogen (secondary N) is 1. The molecule has 2 aromatic rings. The van der Waals surface area contributed by atoms with E-state index in [2.05, 4.69) is 9.97 Å². The molecule has 0 atom stereocenters. The van der Waals surface area contributed by atoms with Crippen LogP contribution in [0, 0.1) is 0 Å². The smallest absolute Gasteiger partial charge is 0.294 e. The molecule has 6 nitrogen and oxygen atoms in total. The molecule has 1 N–H and O–H groups in total. The average Bonchev–Trinajstić information content (AvgIpc) is 2.55. The first-order valence-corrected chi connectivity index (χ1v) is 6.92. The summed E-state index contributed by atoms with van der Waals surface area (Å²) in [6.07, 6.45) is 1.48. The van der Waals surface area contributed by atoms with Crippen LogP contribution in [0.1, 0.15) is 5.56 Å². The fraction of sp³-hybridized carbons (Fsp3) is 0.333. The first-order valence-electron chi connectivity index (χ1n) is 6.92. The van der Waals surface area contributed by atoms with E-state index in [0.29, 0.717) is 25.8 Å². The van der Waals surface area contributed by atoms with Crippen LogP contribution in [0.3, 0.4) is 0 Å². The second-order valence-electron chi connectivity index (χ2n) is 4.77. The Kier molecular flexibility index (Phi) is 4.16. The lowest BCUT2D eigenvalue weighted by atomic mass is 10.2. The molecule has 0 aliphatic carbocycles. The van der Waals surface area contributed by atoms with E-state index in [9.17, 15) is 4.79 Å². The van der Waals surface area contributed by atoms with Gasteiger partial charge in [-0.2, -0.15) is 0 Å². The molecule has 0 bridgehead atoms. The van der Waals surface area contributed by atoms with Crippen molar-refractivity contribution in [2.45, 2.75) is 6.61 Å². The van der Waals surface area contributed by atoms with Gasteiger partial charge in [-0.3, -0.25) is 9.78 Å². The topological polar surface area (TPSA) is 67.5 Å². The van der Waals surface area contributed by atoms with E-state index in [1.807, 2.05) is 35.2 Å². The van der Waals surface area contributed by atoms with Crippen molar-refractivity contribution in [3.05, 3.63) is 52.4 Å². The van der Waals surface area contributed by atoms with E-state index in [1.54, 1.807) is 0 Å². The highest BCUT2D eigenvalue weighted by molar-refractivity contribution is 5.32. The van der Waals surface area contributed by atoms with Crippen molar-refractivity contribution in [3.63, 3.8) is 0 Å². The van der Waals surface area contributed by atoms with Gasteiger partial charge >= 0.3 is 0 Å². The van der Waals surface area contributed by atoms with Crippen molar-refractivity contribution in [1.29, 1.82) is 0 Å². The molecule has 1 aromatic heterocycles. The zero-order valence-electron chi connectivity index (χ0n) is 11.6. The van der Waals surface area contributed by atoms with Gasteiger partial charge in [0.15, 0.2) is 0 Å². The number of ether oxygens (including phenoxy) is 2. The van der Waals surface area contributed by atoms with E-state index in [0.717, 1.165) is 18.7 Å². The van der Waals surface area contributed by atoms with Crippen LogP contribution >= 0.6 is 0 Å². The number of morpholine rings is 1. The summed E-state index contributed by atoms with van der Waals surface area (Å²) in [7, 11) is 0. The van der Waals surface area contributed by atoms with Crippen molar-refractivity contribution in [2.24, 2.45) is 0 Å². The van der Waals surface area contributed by atoms with Crippen molar-refractivity contribution in [3.8, 4) is 5.75 Å². The van der Waals surface area contributed by atoms with Gasteiger partial charge in [0.1, 0.15) is 6.61 Å². The Morgan fingerprint density at radius 3 is 2.71 bits per heavy atom. The lowest BCUT2D eigenvalue weighted by Crippen LogP contribution is -2.38. The van der Waals surface area contributed by atoms with Gasteiger partial charge in [-0.1, -0.05) is 30.3 Å². The first-order chi connectivity index (χ1) is 10.3. The number of benzene rings is 1. The summed E-state index contributed by atoms with van der Waals surface area (Å²) in [5, 5.41) is 0. The summed E-state index contributed by atoms with van der Waals surface area (Å²) in [5.74, 6) is 0.797. The van der Waals surface area contributed by atoms with E-state index in [4.69, 9.17) is 9.47 Å². The van der Waals surface area contributed by atoms with Gasteiger partial charge in [-0.15, -0.1) is 0 Å². The number of aromatic nitrogens is 2. The summed E-state index contributed by atoms with van der Waals surface area (Å²) in [5.41, 5.74) is 0.747. The lowest BCUT2D eigenvalue weighted by Gasteiger charge is -2.27. The zero-order chi connectivity index (χ0) is 14.5. The maximum atomic E-state index is 12.0. The van der Waals surface area contributed by atoms with Crippen LogP contribution in [0.15, 0.2) is 41.3 Å². The molecule has 2 heterocycles.